The number of hydrogen-bond donors (Lipinski definition) is 0. The molecule has 1 aliphatic rings. The van der Waals surface area contributed by atoms with Crippen LogP contribution in [0.4, 0.5) is 0 Å². The predicted octanol–water partition coefficient (Wildman–Crippen LogP) is 4.96. The number of rotatable bonds is 1. The van der Waals surface area contributed by atoms with E-state index in [4.69, 9.17) is 0 Å². The van der Waals surface area contributed by atoms with Crippen molar-refractivity contribution in [3.63, 3.8) is 0 Å². The summed E-state index contributed by atoms with van der Waals surface area (Å²) >= 11 is 0. The minimum atomic E-state index is 1.16. The monoisotopic (exact) mass is 220 g/mol. The summed E-state index contributed by atoms with van der Waals surface area (Å²) in [7, 11) is 0. The molecule has 0 heterocycles. The van der Waals surface area contributed by atoms with Crippen LogP contribution in [0.1, 0.15) is 24.8 Å². The van der Waals surface area contributed by atoms with Gasteiger partial charge in [0.15, 0.2) is 0 Å². The molecule has 0 atom stereocenters. The fourth-order valence-electron chi connectivity index (χ4n) is 2.57. The highest BCUT2D eigenvalue weighted by Crippen LogP contribution is 2.31. The predicted molar refractivity (Wildman–Crippen MR) is 74.9 cm³/mol. The van der Waals surface area contributed by atoms with Crippen molar-refractivity contribution in [1.82, 2.24) is 0 Å². The van der Waals surface area contributed by atoms with Crippen molar-refractivity contribution in [2.45, 2.75) is 19.3 Å². The summed E-state index contributed by atoms with van der Waals surface area (Å²) in [4.78, 5) is 0. The van der Waals surface area contributed by atoms with Gasteiger partial charge in [0.05, 0.1) is 0 Å². The SMILES string of the molecule is C=C1CCC/C1=C\c1cccc2ccccc12. The lowest BCUT2D eigenvalue weighted by Gasteiger charge is -2.04. The lowest BCUT2D eigenvalue weighted by Crippen LogP contribution is -1.81. The quantitative estimate of drug-likeness (QED) is 0.637. The van der Waals surface area contributed by atoms with E-state index in [2.05, 4.69) is 55.1 Å². The van der Waals surface area contributed by atoms with Crippen LogP contribution in [0.5, 0.6) is 0 Å². The second-order valence-corrected chi connectivity index (χ2v) is 4.70. The molecule has 0 nitrogen and oxygen atoms in total. The van der Waals surface area contributed by atoms with Crippen molar-refractivity contribution in [3.8, 4) is 0 Å². The third-order valence-corrected chi connectivity index (χ3v) is 3.53. The van der Waals surface area contributed by atoms with E-state index in [1.165, 1.54) is 40.3 Å². The highest BCUT2D eigenvalue weighted by atomic mass is 14.2. The molecule has 2 aromatic carbocycles. The largest absolute Gasteiger partial charge is 0.0956 e. The van der Waals surface area contributed by atoms with Crippen LogP contribution in [0.15, 0.2) is 60.2 Å². The number of benzene rings is 2. The molecule has 0 bridgehead atoms. The van der Waals surface area contributed by atoms with E-state index >= 15 is 0 Å². The standard InChI is InChI=1S/C17H16/c1-13-6-4-9-15(13)12-16-10-5-8-14-7-2-3-11-17(14)16/h2-3,5,7-8,10-12H,1,4,6,9H2/b15-12+. The zero-order chi connectivity index (χ0) is 11.7. The maximum absolute atomic E-state index is 4.14. The Morgan fingerprint density at radius 3 is 2.59 bits per heavy atom. The maximum atomic E-state index is 4.14. The van der Waals surface area contributed by atoms with Crippen molar-refractivity contribution < 1.29 is 0 Å². The van der Waals surface area contributed by atoms with Gasteiger partial charge in [0.2, 0.25) is 0 Å². The summed E-state index contributed by atoms with van der Waals surface area (Å²) < 4.78 is 0. The first-order valence-corrected chi connectivity index (χ1v) is 6.21. The molecule has 0 unspecified atom stereocenters. The van der Waals surface area contributed by atoms with Gasteiger partial charge in [-0.2, -0.15) is 0 Å². The van der Waals surface area contributed by atoms with Gasteiger partial charge in [-0.25, -0.2) is 0 Å². The van der Waals surface area contributed by atoms with Crippen LogP contribution >= 0.6 is 0 Å². The molecule has 0 spiro atoms. The third kappa shape index (κ3) is 1.91. The molecule has 0 radical (unpaired) electrons. The Morgan fingerprint density at radius 1 is 0.941 bits per heavy atom. The second-order valence-electron chi connectivity index (χ2n) is 4.70. The van der Waals surface area contributed by atoms with Crippen LogP contribution in [-0.4, -0.2) is 0 Å². The molecule has 2 aromatic rings. The average Bonchev–Trinajstić information content (AvgIpc) is 2.76. The van der Waals surface area contributed by atoms with Gasteiger partial charge in [-0.05, 0) is 41.2 Å². The van der Waals surface area contributed by atoms with Gasteiger partial charge in [-0.15, -0.1) is 0 Å². The Balaban J connectivity index is 2.15. The van der Waals surface area contributed by atoms with E-state index in [1.54, 1.807) is 0 Å². The second kappa shape index (κ2) is 4.21. The lowest BCUT2D eigenvalue weighted by molar-refractivity contribution is 0.935. The molecular formula is C17H16. The summed E-state index contributed by atoms with van der Waals surface area (Å²) in [5.74, 6) is 0. The molecule has 0 aromatic heterocycles. The van der Waals surface area contributed by atoms with Gasteiger partial charge in [0.25, 0.3) is 0 Å². The average molecular weight is 220 g/mol. The lowest BCUT2D eigenvalue weighted by atomic mass is 10.0. The van der Waals surface area contributed by atoms with Gasteiger partial charge in [-0.3, -0.25) is 0 Å². The van der Waals surface area contributed by atoms with E-state index < -0.39 is 0 Å². The van der Waals surface area contributed by atoms with E-state index in [9.17, 15) is 0 Å². The summed E-state index contributed by atoms with van der Waals surface area (Å²) in [6.07, 6.45) is 5.92. The van der Waals surface area contributed by atoms with Gasteiger partial charge in [0.1, 0.15) is 0 Å². The number of fused-ring (bicyclic) bond motifs is 1. The molecule has 84 valence electrons. The van der Waals surface area contributed by atoms with Crippen LogP contribution in [-0.2, 0) is 0 Å². The molecule has 0 aliphatic heterocycles. The van der Waals surface area contributed by atoms with E-state index in [1.807, 2.05) is 0 Å². The smallest absolute Gasteiger partial charge is 0.0111 e. The van der Waals surface area contributed by atoms with Gasteiger partial charge < -0.3 is 0 Å². The fraction of sp³-hybridized carbons (Fsp3) is 0.176. The Hall–Kier alpha value is -1.82. The van der Waals surface area contributed by atoms with Crippen LogP contribution in [0.25, 0.3) is 16.8 Å². The highest BCUT2D eigenvalue weighted by Gasteiger charge is 2.11. The Labute approximate surface area is 102 Å². The van der Waals surface area contributed by atoms with Gasteiger partial charge >= 0.3 is 0 Å². The minimum absolute atomic E-state index is 1.16. The van der Waals surface area contributed by atoms with E-state index in [0.29, 0.717) is 0 Å². The minimum Gasteiger partial charge on any atom is -0.0956 e. The number of hydrogen-bond acceptors (Lipinski definition) is 0. The maximum Gasteiger partial charge on any atom is -0.0111 e. The first-order chi connectivity index (χ1) is 8.34. The molecule has 1 fully saturated rings. The molecule has 0 saturated heterocycles. The molecule has 1 saturated carbocycles. The zero-order valence-electron chi connectivity index (χ0n) is 9.95. The van der Waals surface area contributed by atoms with E-state index in [-0.39, 0.29) is 0 Å². The van der Waals surface area contributed by atoms with Crippen LogP contribution in [0.3, 0.4) is 0 Å². The summed E-state index contributed by atoms with van der Waals surface area (Å²) in [5, 5.41) is 2.65. The van der Waals surface area contributed by atoms with Gasteiger partial charge in [0, 0.05) is 0 Å². The molecule has 0 amide bonds. The van der Waals surface area contributed by atoms with Crippen molar-refractivity contribution in [2.75, 3.05) is 0 Å². The summed E-state index contributed by atoms with van der Waals surface area (Å²) in [6, 6.07) is 15.1. The van der Waals surface area contributed by atoms with Crippen LogP contribution < -0.4 is 0 Å². The normalized spacial score (nSPS) is 18.1. The van der Waals surface area contributed by atoms with Crippen molar-refractivity contribution in [1.29, 1.82) is 0 Å². The van der Waals surface area contributed by atoms with Crippen LogP contribution in [0.2, 0.25) is 0 Å². The third-order valence-electron chi connectivity index (χ3n) is 3.53. The summed E-state index contributed by atoms with van der Waals surface area (Å²) in [5.41, 5.74) is 4.07. The fourth-order valence-corrected chi connectivity index (χ4v) is 2.57. The molecule has 0 heteroatoms. The highest BCUT2D eigenvalue weighted by molar-refractivity contribution is 5.91. The first-order valence-electron chi connectivity index (χ1n) is 6.21. The van der Waals surface area contributed by atoms with Crippen molar-refractivity contribution >= 4 is 16.8 Å². The number of allylic oxidation sites excluding steroid dienone is 2. The molecular weight excluding hydrogens is 204 g/mol. The Morgan fingerprint density at radius 2 is 1.76 bits per heavy atom. The van der Waals surface area contributed by atoms with Crippen LogP contribution in [0, 0.1) is 0 Å². The Kier molecular flexibility index (Phi) is 2.56. The molecule has 3 rings (SSSR count). The van der Waals surface area contributed by atoms with E-state index in [0.717, 1.165) is 6.42 Å². The van der Waals surface area contributed by atoms with Crippen molar-refractivity contribution in [2.24, 2.45) is 0 Å². The van der Waals surface area contributed by atoms with Gasteiger partial charge in [-0.1, -0.05) is 60.7 Å². The van der Waals surface area contributed by atoms with Crippen molar-refractivity contribution in [3.05, 3.63) is 65.8 Å². The molecule has 17 heavy (non-hydrogen) atoms. The molecule has 0 N–H and O–H groups in total. The molecule has 1 aliphatic carbocycles. The summed E-state index contributed by atoms with van der Waals surface area (Å²) in [6.45, 7) is 4.14. The zero-order valence-corrected chi connectivity index (χ0v) is 9.95. The topological polar surface area (TPSA) is 0 Å². The first kappa shape index (κ1) is 10.3. The Bertz CT molecular complexity index is 597.